The van der Waals surface area contributed by atoms with E-state index in [0.717, 1.165) is 23.1 Å². The van der Waals surface area contributed by atoms with E-state index >= 15 is 0 Å². The zero-order valence-electron chi connectivity index (χ0n) is 11.7. The fourth-order valence-electron chi connectivity index (χ4n) is 2.29. The van der Waals surface area contributed by atoms with Gasteiger partial charge in [-0.3, -0.25) is 4.79 Å². The number of nitriles is 1. The van der Waals surface area contributed by atoms with Gasteiger partial charge in [0, 0.05) is 23.1 Å². The highest BCUT2D eigenvalue weighted by Crippen LogP contribution is 2.22. The first-order valence-electron chi connectivity index (χ1n) is 6.64. The number of nitrogens with one attached hydrogen (secondary N) is 1. The molecule has 0 spiro atoms. The van der Waals surface area contributed by atoms with Gasteiger partial charge in [0.05, 0.1) is 6.07 Å². The van der Waals surface area contributed by atoms with Crippen molar-refractivity contribution in [3.63, 3.8) is 0 Å². The minimum atomic E-state index is -0.735. The van der Waals surface area contributed by atoms with Crippen molar-refractivity contribution < 1.29 is 4.79 Å². The molecule has 0 bridgehead atoms. The first-order valence-corrected chi connectivity index (χ1v) is 7.43. The zero-order valence-corrected chi connectivity index (χ0v) is 13.3. The van der Waals surface area contributed by atoms with E-state index in [1.807, 2.05) is 20.0 Å². The summed E-state index contributed by atoms with van der Waals surface area (Å²) >= 11 is 3.43. The molecular formula is C15H18BrN3O. The Kier molecular flexibility index (Phi) is 4.46. The van der Waals surface area contributed by atoms with Crippen LogP contribution in [-0.2, 0) is 0 Å². The van der Waals surface area contributed by atoms with Gasteiger partial charge in [0.15, 0.2) is 0 Å². The SMILES string of the molecule is Cc1ccc(C(=O)NC2(C#N)CCN(C)CC2)cc1Br. The monoisotopic (exact) mass is 335 g/mol. The molecular weight excluding hydrogens is 318 g/mol. The van der Waals surface area contributed by atoms with Crippen LogP contribution in [0.1, 0.15) is 28.8 Å². The molecule has 0 radical (unpaired) electrons. The minimum Gasteiger partial charge on any atom is -0.334 e. The maximum atomic E-state index is 12.3. The molecule has 20 heavy (non-hydrogen) atoms. The first-order chi connectivity index (χ1) is 9.46. The molecule has 1 N–H and O–H groups in total. The molecule has 0 atom stereocenters. The Labute approximate surface area is 127 Å². The van der Waals surface area contributed by atoms with E-state index in [-0.39, 0.29) is 5.91 Å². The third kappa shape index (κ3) is 3.20. The van der Waals surface area contributed by atoms with Gasteiger partial charge in [0.25, 0.3) is 5.91 Å². The lowest BCUT2D eigenvalue weighted by Gasteiger charge is -2.36. The topological polar surface area (TPSA) is 56.1 Å². The van der Waals surface area contributed by atoms with Gasteiger partial charge in [-0.05, 0) is 44.5 Å². The summed E-state index contributed by atoms with van der Waals surface area (Å²) in [7, 11) is 2.03. The van der Waals surface area contributed by atoms with Gasteiger partial charge in [0.2, 0.25) is 0 Å². The van der Waals surface area contributed by atoms with Crippen LogP contribution in [0.4, 0.5) is 0 Å². The summed E-state index contributed by atoms with van der Waals surface area (Å²) in [5.41, 5.74) is 0.924. The molecule has 1 fully saturated rings. The largest absolute Gasteiger partial charge is 0.334 e. The summed E-state index contributed by atoms with van der Waals surface area (Å²) in [4.78, 5) is 14.5. The van der Waals surface area contributed by atoms with E-state index in [2.05, 4.69) is 32.2 Å². The van der Waals surface area contributed by atoms with Crippen molar-refractivity contribution in [3.8, 4) is 6.07 Å². The number of rotatable bonds is 2. The first kappa shape index (κ1) is 15.0. The standard InChI is InChI=1S/C15H18BrN3O/c1-11-3-4-12(9-13(11)16)14(20)18-15(10-17)5-7-19(2)8-6-15/h3-4,9H,5-8H2,1-2H3,(H,18,20). The zero-order chi connectivity index (χ0) is 14.8. The number of aryl methyl sites for hydroxylation is 1. The Morgan fingerprint density at radius 2 is 2.10 bits per heavy atom. The molecule has 0 unspecified atom stereocenters. The summed E-state index contributed by atoms with van der Waals surface area (Å²) in [5, 5.41) is 12.3. The average Bonchev–Trinajstić information content (AvgIpc) is 2.44. The maximum Gasteiger partial charge on any atom is 0.252 e. The predicted molar refractivity (Wildman–Crippen MR) is 81.4 cm³/mol. The van der Waals surface area contributed by atoms with Gasteiger partial charge < -0.3 is 10.2 Å². The van der Waals surface area contributed by atoms with Gasteiger partial charge in [-0.15, -0.1) is 0 Å². The number of likely N-dealkylation sites (tertiary alicyclic amines) is 1. The van der Waals surface area contributed by atoms with E-state index in [9.17, 15) is 10.1 Å². The van der Waals surface area contributed by atoms with Crippen LogP contribution in [0.15, 0.2) is 22.7 Å². The fourth-order valence-corrected chi connectivity index (χ4v) is 2.67. The van der Waals surface area contributed by atoms with Crippen LogP contribution in [0.2, 0.25) is 0 Å². The highest BCUT2D eigenvalue weighted by atomic mass is 79.9. The molecule has 0 saturated carbocycles. The van der Waals surface area contributed by atoms with Crippen LogP contribution >= 0.6 is 15.9 Å². The van der Waals surface area contributed by atoms with E-state index in [0.29, 0.717) is 18.4 Å². The molecule has 4 nitrogen and oxygen atoms in total. The Balaban J connectivity index is 2.13. The Hall–Kier alpha value is -1.38. The molecule has 0 aromatic heterocycles. The minimum absolute atomic E-state index is 0.184. The lowest BCUT2D eigenvalue weighted by Crippen LogP contribution is -2.53. The van der Waals surface area contributed by atoms with E-state index in [1.165, 1.54) is 0 Å². The van der Waals surface area contributed by atoms with E-state index in [1.54, 1.807) is 12.1 Å². The molecule has 2 rings (SSSR count). The lowest BCUT2D eigenvalue weighted by atomic mass is 9.89. The molecule has 1 aliphatic rings. The Bertz CT molecular complexity index is 557. The van der Waals surface area contributed by atoms with Crippen LogP contribution in [0, 0.1) is 18.3 Å². The molecule has 1 aromatic carbocycles. The Morgan fingerprint density at radius 3 is 2.65 bits per heavy atom. The molecule has 1 saturated heterocycles. The molecule has 106 valence electrons. The van der Waals surface area contributed by atoms with Gasteiger partial charge >= 0.3 is 0 Å². The number of halogens is 1. The summed E-state index contributed by atoms with van der Waals surface area (Å²) in [6.45, 7) is 3.62. The van der Waals surface area contributed by atoms with Crippen molar-refractivity contribution >= 4 is 21.8 Å². The van der Waals surface area contributed by atoms with Gasteiger partial charge in [0.1, 0.15) is 5.54 Å². The smallest absolute Gasteiger partial charge is 0.252 e. The van der Waals surface area contributed by atoms with Gasteiger partial charge in [-0.25, -0.2) is 0 Å². The molecule has 1 heterocycles. The molecule has 0 aliphatic carbocycles. The number of hydrogen-bond donors (Lipinski definition) is 1. The second-order valence-electron chi connectivity index (χ2n) is 5.42. The van der Waals surface area contributed by atoms with Crippen molar-refractivity contribution in [1.82, 2.24) is 10.2 Å². The summed E-state index contributed by atoms with van der Waals surface area (Å²) in [6.07, 6.45) is 1.33. The van der Waals surface area contributed by atoms with Crippen LogP contribution in [0.25, 0.3) is 0 Å². The third-order valence-corrected chi connectivity index (χ3v) is 4.70. The summed E-state index contributed by atoms with van der Waals surface area (Å²) < 4.78 is 0.902. The summed E-state index contributed by atoms with van der Waals surface area (Å²) in [5.74, 6) is -0.184. The van der Waals surface area contributed by atoms with Gasteiger partial charge in [-0.1, -0.05) is 22.0 Å². The van der Waals surface area contributed by atoms with Crippen LogP contribution in [0.5, 0.6) is 0 Å². The second-order valence-corrected chi connectivity index (χ2v) is 6.27. The molecule has 5 heteroatoms. The van der Waals surface area contributed by atoms with Gasteiger partial charge in [-0.2, -0.15) is 5.26 Å². The van der Waals surface area contributed by atoms with Crippen molar-refractivity contribution in [2.45, 2.75) is 25.3 Å². The highest BCUT2D eigenvalue weighted by Gasteiger charge is 2.35. The van der Waals surface area contributed by atoms with Crippen LogP contribution in [-0.4, -0.2) is 36.5 Å². The number of nitrogens with zero attached hydrogens (tertiary/aromatic N) is 2. The van der Waals surface area contributed by atoms with Crippen molar-refractivity contribution in [2.75, 3.05) is 20.1 Å². The number of hydrogen-bond acceptors (Lipinski definition) is 3. The maximum absolute atomic E-state index is 12.3. The predicted octanol–water partition coefficient (Wildman–Crippen LogP) is 2.48. The number of amides is 1. The van der Waals surface area contributed by atoms with E-state index in [4.69, 9.17) is 0 Å². The number of piperidine rings is 1. The highest BCUT2D eigenvalue weighted by molar-refractivity contribution is 9.10. The molecule has 1 aromatic rings. The third-order valence-electron chi connectivity index (χ3n) is 3.84. The van der Waals surface area contributed by atoms with Crippen LogP contribution < -0.4 is 5.32 Å². The van der Waals surface area contributed by atoms with Crippen molar-refractivity contribution in [1.29, 1.82) is 5.26 Å². The van der Waals surface area contributed by atoms with Crippen LogP contribution in [0.3, 0.4) is 0 Å². The number of benzene rings is 1. The van der Waals surface area contributed by atoms with E-state index < -0.39 is 5.54 Å². The number of carbonyl (C=O) groups excluding carboxylic acids is 1. The average molecular weight is 336 g/mol. The quantitative estimate of drug-likeness (QED) is 0.903. The molecule has 1 amide bonds. The Morgan fingerprint density at radius 1 is 1.45 bits per heavy atom. The summed E-state index contributed by atoms with van der Waals surface area (Å²) in [6, 6.07) is 7.77. The van der Waals surface area contributed by atoms with Crippen molar-refractivity contribution in [3.05, 3.63) is 33.8 Å². The fraction of sp³-hybridized carbons (Fsp3) is 0.467. The molecule has 1 aliphatic heterocycles. The second kappa shape index (κ2) is 5.94. The normalized spacial score (nSPS) is 18.3. The number of carbonyl (C=O) groups is 1. The van der Waals surface area contributed by atoms with Crippen molar-refractivity contribution in [2.24, 2.45) is 0 Å². The lowest BCUT2D eigenvalue weighted by molar-refractivity contribution is 0.0882.